The van der Waals surface area contributed by atoms with Gasteiger partial charge in [-0.1, -0.05) is 41.9 Å². The number of nitrogens with zero attached hydrogens (tertiary/aromatic N) is 2. The van der Waals surface area contributed by atoms with Gasteiger partial charge in [-0.3, -0.25) is 9.48 Å². The van der Waals surface area contributed by atoms with Crippen LogP contribution in [0.5, 0.6) is 0 Å². The number of aldehydes is 1. The van der Waals surface area contributed by atoms with E-state index in [0.717, 1.165) is 25.7 Å². The van der Waals surface area contributed by atoms with Gasteiger partial charge in [0.2, 0.25) is 0 Å². The van der Waals surface area contributed by atoms with E-state index in [9.17, 15) is 4.79 Å². The minimum absolute atomic E-state index is 0.440. The van der Waals surface area contributed by atoms with Gasteiger partial charge in [0.15, 0.2) is 6.29 Å². The second-order valence-corrected chi connectivity index (χ2v) is 4.58. The summed E-state index contributed by atoms with van der Waals surface area (Å²) in [5, 5.41) is 4.71. The number of hydrogen-bond donors (Lipinski definition) is 0. The number of carbonyl (C=O) groups excluding carboxylic acids is 1. The van der Waals surface area contributed by atoms with Crippen LogP contribution in [0.2, 0.25) is 5.15 Å². The van der Waals surface area contributed by atoms with Gasteiger partial charge in [-0.25, -0.2) is 0 Å². The fourth-order valence-corrected chi connectivity index (χ4v) is 2.23. The van der Waals surface area contributed by atoms with Crippen LogP contribution in [0.15, 0.2) is 30.3 Å². The summed E-state index contributed by atoms with van der Waals surface area (Å²) < 4.78 is 1.70. The third-order valence-electron chi connectivity index (χ3n) is 2.91. The summed E-state index contributed by atoms with van der Waals surface area (Å²) in [6, 6.07) is 10.3. The lowest BCUT2D eigenvalue weighted by Gasteiger charge is -2.03. The first-order valence-corrected chi connectivity index (χ1v) is 6.32. The number of carbonyl (C=O) groups is 1. The normalized spacial score (nSPS) is 10.6. The molecule has 94 valence electrons. The molecule has 2 aromatic rings. The molecule has 0 unspecified atom stereocenters. The molecule has 0 saturated carbocycles. The summed E-state index contributed by atoms with van der Waals surface area (Å²) in [7, 11) is 0. The molecule has 3 nitrogen and oxygen atoms in total. The smallest absolute Gasteiger partial charge is 0.155 e. The van der Waals surface area contributed by atoms with Gasteiger partial charge in [-0.15, -0.1) is 0 Å². The molecule has 18 heavy (non-hydrogen) atoms. The van der Waals surface area contributed by atoms with Crippen molar-refractivity contribution in [2.45, 2.75) is 26.3 Å². The van der Waals surface area contributed by atoms with Crippen LogP contribution in [0.1, 0.15) is 28.0 Å². The van der Waals surface area contributed by atoms with Gasteiger partial charge in [0.25, 0.3) is 0 Å². The Morgan fingerprint density at radius 1 is 1.33 bits per heavy atom. The molecule has 0 amide bonds. The van der Waals surface area contributed by atoms with Crippen molar-refractivity contribution in [3.63, 3.8) is 0 Å². The summed E-state index contributed by atoms with van der Waals surface area (Å²) >= 11 is 6.08. The Hall–Kier alpha value is -1.61. The maximum Gasteiger partial charge on any atom is 0.155 e. The highest BCUT2D eigenvalue weighted by atomic mass is 35.5. The Balaban J connectivity index is 1.97. The Bertz CT molecular complexity index is 534. The minimum atomic E-state index is 0.440. The summed E-state index contributed by atoms with van der Waals surface area (Å²) in [6.07, 6.45) is 2.69. The van der Waals surface area contributed by atoms with Crippen molar-refractivity contribution in [2.24, 2.45) is 0 Å². The molecule has 0 bridgehead atoms. The van der Waals surface area contributed by atoms with E-state index in [0.29, 0.717) is 16.4 Å². The van der Waals surface area contributed by atoms with Crippen molar-refractivity contribution in [2.75, 3.05) is 0 Å². The second kappa shape index (κ2) is 5.83. The van der Waals surface area contributed by atoms with Crippen molar-refractivity contribution in [1.29, 1.82) is 0 Å². The van der Waals surface area contributed by atoms with E-state index in [2.05, 4.69) is 17.2 Å². The Kier molecular flexibility index (Phi) is 4.15. The molecular weight excluding hydrogens is 248 g/mol. The number of hydrogen-bond acceptors (Lipinski definition) is 2. The number of aryl methyl sites for hydroxylation is 3. The molecule has 0 radical (unpaired) electrons. The van der Waals surface area contributed by atoms with Crippen LogP contribution >= 0.6 is 11.6 Å². The van der Waals surface area contributed by atoms with E-state index < -0.39 is 0 Å². The highest BCUT2D eigenvalue weighted by molar-refractivity contribution is 6.32. The highest BCUT2D eigenvalue weighted by Crippen LogP contribution is 2.18. The van der Waals surface area contributed by atoms with Gasteiger partial charge >= 0.3 is 0 Å². The van der Waals surface area contributed by atoms with Crippen LogP contribution in [0.4, 0.5) is 0 Å². The van der Waals surface area contributed by atoms with Crippen molar-refractivity contribution >= 4 is 17.9 Å². The first kappa shape index (κ1) is 12.8. The third kappa shape index (κ3) is 2.79. The summed E-state index contributed by atoms with van der Waals surface area (Å²) in [5.74, 6) is 0. The van der Waals surface area contributed by atoms with Crippen molar-refractivity contribution < 1.29 is 4.79 Å². The predicted octanol–water partition coefficient (Wildman–Crippen LogP) is 3.29. The van der Waals surface area contributed by atoms with Gasteiger partial charge in [-0.05, 0) is 25.3 Å². The average Bonchev–Trinajstić information content (AvgIpc) is 2.65. The lowest BCUT2D eigenvalue weighted by Crippen LogP contribution is -2.02. The number of halogens is 1. The molecule has 0 N–H and O–H groups in total. The minimum Gasteiger partial charge on any atom is -0.298 e. The van der Waals surface area contributed by atoms with E-state index in [1.54, 1.807) is 11.6 Å². The maximum atomic E-state index is 10.8. The zero-order chi connectivity index (χ0) is 13.0. The topological polar surface area (TPSA) is 34.9 Å². The number of rotatable bonds is 5. The van der Waals surface area contributed by atoms with E-state index in [-0.39, 0.29) is 0 Å². The largest absolute Gasteiger partial charge is 0.298 e. The van der Waals surface area contributed by atoms with Crippen molar-refractivity contribution in [3.05, 3.63) is 52.3 Å². The molecule has 0 saturated heterocycles. The fraction of sp³-hybridized carbons (Fsp3) is 0.286. The fourth-order valence-electron chi connectivity index (χ4n) is 1.93. The van der Waals surface area contributed by atoms with E-state index >= 15 is 0 Å². The molecule has 0 fully saturated rings. The second-order valence-electron chi connectivity index (χ2n) is 4.22. The molecule has 1 heterocycles. The number of aromatic nitrogens is 2. The quantitative estimate of drug-likeness (QED) is 0.775. The molecule has 0 spiro atoms. The molecule has 0 aliphatic carbocycles. The van der Waals surface area contributed by atoms with Crippen LogP contribution in [-0.2, 0) is 13.0 Å². The molecular formula is C14H15ClN2O. The zero-order valence-electron chi connectivity index (χ0n) is 10.3. The first-order valence-electron chi connectivity index (χ1n) is 5.94. The van der Waals surface area contributed by atoms with Crippen LogP contribution < -0.4 is 0 Å². The molecule has 1 aromatic heterocycles. The van der Waals surface area contributed by atoms with E-state index in [4.69, 9.17) is 11.6 Å². The van der Waals surface area contributed by atoms with Crippen LogP contribution in [0, 0.1) is 6.92 Å². The Morgan fingerprint density at radius 2 is 2.06 bits per heavy atom. The van der Waals surface area contributed by atoms with Crippen LogP contribution in [0.3, 0.4) is 0 Å². The number of benzene rings is 1. The molecule has 4 heteroatoms. The summed E-state index contributed by atoms with van der Waals surface area (Å²) in [5.41, 5.74) is 2.49. The SMILES string of the molecule is Cc1nn(CCCc2ccccc2)c(Cl)c1C=O. The zero-order valence-corrected chi connectivity index (χ0v) is 11.0. The highest BCUT2D eigenvalue weighted by Gasteiger charge is 2.11. The van der Waals surface area contributed by atoms with Gasteiger partial charge in [0.05, 0.1) is 11.3 Å². The summed E-state index contributed by atoms with van der Waals surface area (Å²) in [6.45, 7) is 2.52. The summed E-state index contributed by atoms with van der Waals surface area (Å²) in [4.78, 5) is 10.8. The van der Waals surface area contributed by atoms with E-state index in [1.165, 1.54) is 5.56 Å². The van der Waals surface area contributed by atoms with Gasteiger partial charge in [0, 0.05) is 6.54 Å². The standard InChI is InChI=1S/C14H15ClN2O/c1-11-13(10-18)14(15)17(16-11)9-5-8-12-6-3-2-4-7-12/h2-4,6-7,10H,5,8-9H2,1H3. The molecule has 2 rings (SSSR count). The van der Waals surface area contributed by atoms with Crippen molar-refractivity contribution in [3.8, 4) is 0 Å². The molecule has 0 aliphatic rings. The Morgan fingerprint density at radius 3 is 2.67 bits per heavy atom. The molecule has 1 aromatic carbocycles. The lowest BCUT2D eigenvalue weighted by atomic mass is 10.1. The van der Waals surface area contributed by atoms with Crippen LogP contribution in [0.25, 0.3) is 0 Å². The van der Waals surface area contributed by atoms with E-state index in [1.807, 2.05) is 18.2 Å². The first-order chi connectivity index (χ1) is 8.72. The van der Waals surface area contributed by atoms with Gasteiger partial charge in [-0.2, -0.15) is 5.10 Å². The molecule has 0 atom stereocenters. The van der Waals surface area contributed by atoms with Crippen molar-refractivity contribution in [1.82, 2.24) is 9.78 Å². The Labute approximate surface area is 111 Å². The predicted molar refractivity (Wildman–Crippen MR) is 72.1 cm³/mol. The third-order valence-corrected chi connectivity index (χ3v) is 3.30. The molecule has 0 aliphatic heterocycles. The monoisotopic (exact) mass is 262 g/mol. The van der Waals surface area contributed by atoms with Crippen LogP contribution in [-0.4, -0.2) is 16.1 Å². The van der Waals surface area contributed by atoms with Gasteiger partial charge in [0.1, 0.15) is 5.15 Å². The van der Waals surface area contributed by atoms with Gasteiger partial charge < -0.3 is 0 Å². The lowest BCUT2D eigenvalue weighted by molar-refractivity contribution is 0.112. The maximum absolute atomic E-state index is 10.8. The average molecular weight is 263 g/mol.